The van der Waals surface area contributed by atoms with Gasteiger partial charge in [0.1, 0.15) is 11.5 Å². The number of nitrogens with zero attached hydrogens (tertiary/aromatic N) is 1. The third-order valence-corrected chi connectivity index (χ3v) is 3.50. The van der Waals surface area contributed by atoms with E-state index in [4.69, 9.17) is 0 Å². The second-order valence-corrected chi connectivity index (χ2v) is 5.38. The Balaban J connectivity index is 1.89. The predicted molar refractivity (Wildman–Crippen MR) is 73.1 cm³/mol. The first-order valence-electron chi connectivity index (χ1n) is 5.64. The maximum absolute atomic E-state index is 13.1. The van der Waals surface area contributed by atoms with Gasteiger partial charge in [-0.2, -0.15) is 0 Å². The standard InChI is InChI=1S/C13H10FN3OS/c1-7-6-15-13(19-7)17-12(18)11-5-8-4-9(14)2-3-10(8)16-11/h2-6,16H,1H3,(H,15,17,18). The Morgan fingerprint density at radius 3 is 3.00 bits per heavy atom. The van der Waals surface area contributed by atoms with Crippen molar-refractivity contribution in [2.24, 2.45) is 0 Å². The number of halogens is 1. The molecule has 0 unspecified atom stereocenters. The number of aryl methyl sites for hydroxylation is 1. The number of aromatic amines is 1. The lowest BCUT2D eigenvalue weighted by atomic mass is 10.2. The molecule has 6 heteroatoms. The number of aromatic nitrogens is 2. The lowest BCUT2D eigenvalue weighted by Crippen LogP contribution is -2.11. The van der Waals surface area contributed by atoms with Gasteiger partial charge in [-0.25, -0.2) is 9.37 Å². The van der Waals surface area contributed by atoms with Gasteiger partial charge in [-0.3, -0.25) is 10.1 Å². The highest BCUT2D eigenvalue weighted by molar-refractivity contribution is 7.15. The van der Waals surface area contributed by atoms with Crippen LogP contribution in [0.2, 0.25) is 0 Å². The normalized spacial score (nSPS) is 10.8. The largest absolute Gasteiger partial charge is 0.351 e. The third kappa shape index (κ3) is 2.34. The van der Waals surface area contributed by atoms with Crippen LogP contribution >= 0.6 is 11.3 Å². The number of carbonyl (C=O) groups excluding carboxylic acids is 1. The number of hydrogen-bond acceptors (Lipinski definition) is 3. The summed E-state index contributed by atoms with van der Waals surface area (Å²) in [5.74, 6) is -0.611. The fourth-order valence-corrected chi connectivity index (χ4v) is 2.46. The number of rotatable bonds is 2. The van der Waals surface area contributed by atoms with Gasteiger partial charge in [0.15, 0.2) is 5.13 Å². The summed E-state index contributed by atoms with van der Waals surface area (Å²) in [7, 11) is 0. The van der Waals surface area contributed by atoms with Crippen molar-refractivity contribution in [3.05, 3.63) is 46.9 Å². The average Bonchev–Trinajstić information content (AvgIpc) is 2.95. The highest BCUT2D eigenvalue weighted by Gasteiger charge is 2.11. The van der Waals surface area contributed by atoms with Crippen LogP contribution in [0.5, 0.6) is 0 Å². The maximum Gasteiger partial charge on any atom is 0.273 e. The van der Waals surface area contributed by atoms with Crippen LogP contribution in [0.3, 0.4) is 0 Å². The number of H-pyrrole nitrogens is 1. The molecule has 0 fully saturated rings. The zero-order valence-corrected chi connectivity index (χ0v) is 10.8. The Kier molecular flexibility index (Phi) is 2.79. The zero-order valence-electron chi connectivity index (χ0n) is 10.0. The van der Waals surface area contributed by atoms with Crippen LogP contribution in [0.25, 0.3) is 10.9 Å². The molecule has 0 aliphatic heterocycles. The topological polar surface area (TPSA) is 57.8 Å². The number of hydrogen-bond donors (Lipinski definition) is 2. The Morgan fingerprint density at radius 2 is 2.26 bits per heavy atom. The van der Waals surface area contributed by atoms with Gasteiger partial charge < -0.3 is 4.98 Å². The average molecular weight is 275 g/mol. The molecule has 19 heavy (non-hydrogen) atoms. The number of fused-ring (bicyclic) bond motifs is 1. The molecule has 96 valence electrons. The highest BCUT2D eigenvalue weighted by Crippen LogP contribution is 2.20. The van der Waals surface area contributed by atoms with E-state index in [1.807, 2.05) is 6.92 Å². The van der Waals surface area contributed by atoms with Crippen LogP contribution in [0, 0.1) is 12.7 Å². The summed E-state index contributed by atoms with van der Waals surface area (Å²) >= 11 is 1.40. The molecule has 0 bridgehead atoms. The summed E-state index contributed by atoms with van der Waals surface area (Å²) in [6.45, 7) is 1.92. The van der Waals surface area contributed by atoms with Crippen molar-refractivity contribution in [3.8, 4) is 0 Å². The second kappa shape index (κ2) is 4.47. The van der Waals surface area contributed by atoms with E-state index in [2.05, 4.69) is 15.3 Å². The molecule has 2 heterocycles. The monoisotopic (exact) mass is 275 g/mol. The number of amides is 1. The fraction of sp³-hybridized carbons (Fsp3) is 0.0769. The van der Waals surface area contributed by atoms with E-state index in [-0.39, 0.29) is 11.7 Å². The molecule has 0 aliphatic rings. The van der Waals surface area contributed by atoms with Crippen molar-refractivity contribution < 1.29 is 9.18 Å². The van der Waals surface area contributed by atoms with Gasteiger partial charge >= 0.3 is 0 Å². The predicted octanol–water partition coefficient (Wildman–Crippen LogP) is 3.32. The number of carbonyl (C=O) groups is 1. The minimum Gasteiger partial charge on any atom is -0.351 e. The number of thiazole rings is 1. The van der Waals surface area contributed by atoms with E-state index in [1.165, 1.54) is 23.5 Å². The van der Waals surface area contributed by atoms with E-state index < -0.39 is 0 Å². The minimum atomic E-state index is -0.325. The summed E-state index contributed by atoms with van der Waals surface area (Å²) < 4.78 is 13.1. The van der Waals surface area contributed by atoms with Crippen LogP contribution in [0.4, 0.5) is 9.52 Å². The molecule has 0 saturated carbocycles. The molecule has 3 rings (SSSR count). The smallest absolute Gasteiger partial charge is 0.273 e. The highest BCUT2D eigenvalue weighted by atomic mass is 32.1. The SMILES string of the molecule is Cc1cnc(NC(=O)c2cc3cc(F)ccc3[nH]2)s1. The Bertz CT molecular complexity index is 762. The fourth-order valence-electron chi connectivity index (χ4n) is 1.80. The van der Waals surface area contributed by atoms with Crippen LogP contribution in [0.1, 0.15) is 15.4 Å². The first-order valence-corrected chi connectivity index (χ1v) is 6.45. The molecule has 1 aromatic carbocycles. The molecule has 2 aromatic heterocycles. The molecule has 0 aliphatic carbocycles. The summed E-state index contributed by atoms with van der Waals surface area (Å²) in [5.41, 5.74) is 1.11. The van der Waals surface area contributed by atoms with Gasteiger partial charge in [0, 0.05) is 22.0 Å². The van der Waals surface area contributed by atoms with E-state index in [0.717, 1.165) is 10.4 Å². The van der Waals surface area contributed by atoms with E-state index in [1.54, 1.807) is 18.3 Å². The molecule has 0 saturated heterocycles. The molecule has 2 N–H and O–H groups in total. The summed E-state index contributed by atoms with van der Waals surface area (Å²) in [6, 6.07) is 5.96. The van der Waals surface area contributed by atoms with E-state index >= 15 is 0 Å². The molecule has 0 radical (unpaired) electrons. The quantitative estimate of drug-likeness (QED) is 0.753. The van der Waals surface area contributed by atoms with Gasteiger partial charge in [-0.15, -0.1) is 11.3 Å². The van der Waals surface area contributed by atoms with Gasteiger partial charge in [0.05, 0.1) is 0 Å². The molecule has 1 amide bonds. The minimum absolute atomic E-state index is 0.286. The summed E-state index contributed by atoms with van der Waals surface area (Å²) in [4.78, 5) is 20.0. The number of nitrogens with one attached hydrogen (secondary N) is 2. The zero-order chi connectivity index (χ0) is 13.4. The van der Waals surface area contributed by atoms with Crippen molar-refractivity contribution in [3.63, 3.8) is 0 Å². The molecule has 0 atom stereocenters. The summed E-state index contributed by atoms with van der Waals surface area (Å²) in [5, 5.41) is 3.91. The van der Waals surface area contributed by atoms with Crippen LogP contribution < -0.4 is 5.32 Å². The first kappa shape index (κ1) is 11.9. The number of benzene rings is 1. The lowest BCUT2D eigenvalue weighted by molar-refractivity contribution is 0.102. The van der Waals surface area contributed by atoms with Crippen molar-refractivity contribution in [2.75, 3.05) is 5.32 Å². The van der Waals surface area contributed by atoms with Crippen LogP contribution in [-0.4, -0.2) is 15.9 Å². The Morgan fingerprint density at radius 1 is 1.42 bits per heavy atom. The van der Waals surface area contributed by atoms with Crippen LogP contribution in [-0.2, 0) is 0 Å². The van der Waals surface area contributed by atoms with Crippen LogP contribution in [0.15, 0.2) is 30.5 Å². The molecule has 0 spiro atoms. The van der Waals surface area contributed by atoms with Crippen molar-refractivity contribution in [1.82, 2.24) is 9.97 Å². The Labute approximate surface area is 112 Å². The van der Waals surface area contributed by atoms with Gasteiger partial charge in [-0.1, -0.05) is 0 Å². The molecule has 4 nitrogen and oxygen atoms in total. The van der Waals surface area contributed by atoms with Crippen molar-refractivity contribution >= 4 is 33.3 Å². The van der Waals surface area contributed by atoms with Gasteiger partial charge in [0.2, 0.25) is 0 Å². The molecule has 3 aromatic rings. The van der Waals surface area contributed by atoms with E-state index in [9.17, 15) is 9.18 Å². The first-order chi connectivity index (χ1) is 9.11. The number of anilines is 1. The Hall–Kier alpha value is -2.21. The van der Waals surface area contributed by atoms with Crippen molar-refractivity contribution in [2.45, 2.75) is 6.92 Å². The van der Waals surface area contributed by atoms with Gasteiger partial charge in [0.25, 0.3) is 5.91 Å². The summed E-state index contributed by atoms with van der Waals surface area (Å²) in [6.07, 6.45) is 1.70. The molecular weight excluding hydrogens is 265 g/mol. The van der Waals surface area contributed by atoms with Crippen molar-refractivity contribution in [1.29, 1.82) is 0 Å². The lowest BCUT2D eigenvalue weighted by Gasteiger charge is -1.97. The van der Waals surface area contributed by atoms with Gasteiger partial charge in [-0.05, 0) is 31.2 Å². The molecular formula is C13H10FN3OS. The second-order valence-electron chi connectivity index (χ2n) is 4.14. The third-order valence-electron chi connectivity index (χ3n) is 2.67. The van der Waals surface area contributed by atoms with E-state index in [0.29, 0.717) is 16.2 Å². The maximum atomic E-state index is 13.1.